The van der Waals surface area contributed by atoms with Gasteiger partial charge in [0.1, 0.15) is 11.5 Å². The van der Waals surface area contributed by atoms with E-state index in [0.29, 0.717) is 28.1 Å². The number of imidazole rings is 1. The standard InChI is InChI=1S/C29H31Cl2N5O3/c1-33-14-16-34(17-15-33)12-2-3-13-35-28(37)20-36(29(35)38)32-19-24-9-11-27(39-24)25-10-8-23(31)18-26(25)21-4-6-22(30)7-5-21/h4-11,18-20,37H,2-3,12-17H2,1H3. The maximum absolute atomic E-state index is 12.8. The summed E-state index contributed by atoms with van der Waals surface area (Å²) in [5, 5.41) is 15.8. The van der Waals surface area contributed by atoms with Crippen molar-refractivity contribution >= 4 is 29.4 Å². The maximum atomic E-state index is 12.8. The lowest BCUT2D eigenvalue weighted by atomic mass is 9.98. The number of aromatic hydroxyl groups is 1. The van der Waals surface area contributed by atoms with Gasteiger partial charge in [-0.2, -0.15) is 9.78 Å². The first-order chi connectivity index (χ1) is 18.9. The Morgan fingerprint density at radius 3 is 2.41 bits per heavy atom. The van der Waals surface area contributed by atoms with E-state index in [1.54, 1.807) is 6.07 Å². The predicted molar refractivity (Wildman–Crippen MR) is 156 cm³/mol. The van der Waals surface area contributed by atoms with Gasteiger partial charge in [0, 0.05) is 48.3 Å². The summed E-state index contributed by atoms with van der Waals surface area (Å²) in [6.45, 7) is 5.75. The third kappa shape index (κ3) is 6.65. The molecule has 204 valence electrons. The van der Waals surface area contributed by atoms with Crippen molar-refractivity contribution in [2.24, 2.45) is 5.10 Å². The number of likely N-dealkylation sites (N-methyl/N-ethyl adjacent to an activating group) is 1. The lowest BCUT2D eigenvalue weighted by Gasteiger charge is -2.32. The number of nitrogens with zero attached hydrogens (tertiary/aromatic N) is 5. The van der Waals surface area contributed by atoms with Gasteiger partial charge in [0.05, 0.1) is 12.4 Å². The number of hydrogen-bond donors (Lipinski definition) is 1. The molecule has 10 heteroatoms. The summed E-state index contributed by atoms with van der Waals surface area (Å²) in [5.74, 6) is 0.991. The molecule has 4 aromatic rings. The zero-order valence-electron chi connectivity index (χ0n) is 21.8. The van der Waals surface area contributed by atoms with Crippen LogP contribution in [0.4, 0.5) is 0 Å². The van der Waals surface area contributed by atoms with Gasteiger partial charge in [-0.1, -0.05) is 35.3 Å². The van der Waals surface area contributed by atoms with Gasteiger partial charge in [0.25, 0.3) is 0 Å². The van der Waals surface area contributed by atoms with Gasteiger partial charge in [-0.15, -0.1) is 0 Å². The molecule has 39 heavy (non-hydrogen) atoms. The third-order valence-corrected chi connectivity index (χ3v) is 7.47. The van der Waals surface area contributed by atoms with Crippen molar-refractivity contribution < 1.29 is 9.52 Å². The number of piperazine rings is 1. The second-order valence-electron chi connectivity index (χ2n) is 9.76. The molecule has 1 aliphatic rings. The summed E-state index contributed by atoms with van der Waals surface area (Å²) >= 11 is 12.3. The zero-order valence-corrected chi connectivity index (χ0v) is 23.3. The van der Waals surface area contributed by atoms with Crippen molar-refractivity contribution in [3.63, 3.8) is 0 Å². The minimum atomic E-state index is -0.391. The maximum Gasteiger partial charge on any atom is 0.351 e. The van der Waals surface area contributed by atoms with Crippen LogP contribution in [0.25, 0.3) is 22.5 Å². The Morgan fingerprint density at radius 1 is 0.923 bits per heavy atom. The second kappa shape index (κ2) is 12.3. The van der Waals surface area contributed by atoms with Crippen LogP contribution < -0.4 is 5.69 Å². The first-order valence-electron chi connectivity index (χ1n) is 13.0. The van der Waals surface area contributed by atoms with Crippen LogP contribution in [-0.4, -0.2) is 70.1 Å². The lowest BCUT2D eigenvalue weighted by molar-refractivity contribution is 0.151. The molecule has 1 N–H and O–H groups in total. The fourth-order valence-electron chi connectivity index (χ4n) is 4.71. The van der Waals surface area contributed by atoms with E-state index < -0.39 is 5.69 Å². The van der Waals surface area contributed by atoms with Crippen LogP contribution >= 0.6 is 23.2 Å². The first-order valence-corrected chi connectivity index (χ1v) is 13.7. The zero-order chi connectivity index (χ0) is 27.4. The molecular formula is C29H31Cl2N5O3. The van der Waals surface area contributed by atoms with Crippen LogP contribution in [0.5, 0.6) is 5.88 Å². The Bertz CT molecular complexity index is 1500. The molecule has 0 radical (unpaired) electrons. The quantitative estimate of drug-likeness (QED) is 0.213. The molecule has 2 aromatic carbocycles. The Morgan fingerprint density at radius 2 is 1.64 bits per heavy atom. The average molecular weight is 569 g/mol. The summed E-state index contributed by atoms with van der Waals surface area (Å²) in [6, 6.07) is 16.7. The monoisotopic (exact) mass is 567 g/mol. The topological polar surface area (TPSA) is 79.1 Å². The SMILES string of the molecule is CN1CCN(CCCCn2c(O)cn(N=Cc3ccc(-c4ccc(Cl)cc4-c4ccc(Cl)cc4)o3)c2=O)CC1. The molecule has 0 atom stereocenters. The minimum absolute atomic E-state index is 0.106. The molecule has 0 saturated carbocycles. The normalized spacial score (nSPS) is 14.9. The van der Waals surface area contributed by atoms with Crippen molar-refractivity contribution in [1.29, 1.82) is 0 Å². The van der Waals surface area contributed by atoms with Crippen LogP contribution in [0.2, 0.25) is 10.0 Å². The van der Waals surface area contributed by atoms with Crippen molar-refractivity contribution in [2.45, 2.75) is 19.4 Å². The van der Waals surface area contributed by atoms with Gasteiger partial charge in [0.15, 0.2) is 0 Å². The number of furan rings is 1. The van der Waals surface area contributed by atoms with E-state index in [-0.39, 0.29) is 5.88 Å². The van der Waals surface area contributed by atoms with Crippen molar-refractivity contribution in [3.05, 3.63) is 87.1 Å². The predicted octanol–water partition coefficient (Wildman–Crippen LogP) is 5.50. The number of halogens is 2. The Labute approximate surface area is 237 Å². The number of aromatic nitrogens is 2. The summed E-state index contributed by atoms with van der Waals surface area (Å²) < 4.78 is 8.50. The van der Waals surface area contributed by atoms with Crippen LogP contribution in [0.3, 0.4) is 0 Å². The number of hydrogen-bond acceptors (Lipinski definition) is 6. The lowest BCUT2D eigenvalue weighted by Crippen LogP contribution is -2.44. The number of unbranched alkanes of at least 4 members (excludes halogenated alkanes) is 1. The highest BCUT2D eigenvalue weighted by Gasteiger charge is 2.15. The molecule has 0 aliphatic carbocycles. The largest absolute Gasteiger partial charge is 0.493 e. The summed E-state index contributed by atoms with van der Waals surface area (Å²) in [6.07, 6.45) is 4.54. The Kier molecular flexibility index (Phi) is 8.57. The molecule has 1 saturated heterocycles. The van der Waals surface area contributed by atoms with E-state index in [2.05, 4.69) is 21.9 Å². The van der Waals surface area contributed by atoms with Gasteiger partial charge in [-0.05, 0) is 80.0 Å². The Balaban J connectivity index is 1.25. The molecular weight excluding hydrogens is 537 g/mol. The molecule has 5 rings (SSSR count). The third-order valence-electron chi connectivity index (χ3n) is 6.98. The molecule has 1 fully saturated rings. The van der Waals surface area contributed by atoms with E-state index in [9.17, 15) is 9.90 Å². The van der Waals surface area contributed by atoms with Crippen molar-refractivity contribution in [3.8, 4) is 28.3 Å². The van der Waals surface area contributed by atoms with E-state index >= 15 is 0 Å². The number of rotatable bonds is 9. The molecule has 0 spiro atoms. The van der Waals surface area contributed by atoms with E-state index in [1.165, 1.54) is 17.0 Å². The highest BCUT2D eigenvalue weighted by molar-refractivity contribution is 6.31. The fraction of sp³-hybridized carbons (Fsp3) is 0.310. The van der Waals surface area contributed by atoms with Crippen LogP contribution in [0, 0.1) is 0 Å². The van der Waals surface area contributed by atoms with E-state index in [4.69, 9.17) is 27.6 Å². The van der Waals surface area contributed by atoms with E-state index in [0.717, 1.165) is 66.9 Å². The molecule has 2 aromatic heterocycles. The van der Waals surface area contributed by atoms with Gasteiger partial charge in [0.2, 0.25) is 5.88 Å². The van der Waals surface area contributed by atoms with Crippen LogP contribution in [0.1, 0.15) is 18.6 Å². The summed E-state index contributed by atoms with van der Waals surface area (Å²) in [5.41, 5.74) is 2.33. The number of benzene rings is 2. The van der Waals surface area contributed by atoms with Gasteiger partial charge in [-0.25, -0.2) is 4.79 Å². The fourth-order valence-corrected chi connectivity index (χ4v) is 5.01. The average Bonchev–Trinajstić information content (AvgIpc) is 3.51. The molecule has 8 nitrogen and oxygen atoms in total. The highest BCUT2D eigenvalue weighted by atomic mass is 35.5. The molecule has 0 amide bonds. The van der Waals surface area contributed by atoms with Gasteiger partial charge >= 0.3 is 5.69 Å². The molecule has 1 aliphatic heterocycles. The van der Waals surface area contributed by atoms with Gasteiger partial charge in [-0.3, -0.25) is 4.57 Å². The Hall–Kier alpha value is -3.30. The first kappa shape index (κ1) is 27.3. The van der Waals surface area contributed by atoms with Crippen molar-refractivity contribution in [2.75, 3.05) is 39.8 Å². The minimum Gasteiger partial charge on any atom is -0.493 e. The van der Waals surface area contributed by atoms with E-state index in [1.807, 2.05) is 48.5 Å². The molecule has 0 bridgehead atoms. The molecule has 3 heterocycles. The highest BCUT2D eigenvalue weighted by Crippen LogP contribution is 2.35. The molecule has 0 unspecified atom stereocenters. The van der Waals surface area contributed by atoms with Crippen molar-refractivity contribution in [1.82, 2.24) is 19.0 Å². The second-order valence-corrected chi connectivity index (χ2v) is 10.6. The summed E-state index contributed by atoms with van der Waals surface area (Å²) in [4.78, 5) is 17.6. The summed E-state index contributed by atoms with van der Waals surface area (Å²) in [7, 11) is 2.14. The van der Waals surface area contributed by atoms with Crippen LogP contribution in [0.15, 0.2) is 75.1 Å². The van der Waals surface area contributed by atoms with Crippen LogP contribution in [-0.2, 0) is 6.54 Å². The smallest absolute Gasteiger partial charge is 0.351 e. The van der Waals surface area contributed by atoms with Gasteiger partial charge < -0.3 is 19.3 Å².